The molecular formula is C15H21NO2. The first kappa shape index (κ1) is 13.2. The molecule has 0 radical (unpaired) electrons. The van der Waals surface area contributed by atoms with E-state index >= 15 is 0 Å². The Balaban J connectivity index is 2.11. The first-order chi connectivity index (χ1) is 8.72. The lowest BCUT2D eigenvalue weighted by Gasteiger charge is -2.36. The van der Waals surface area contributed by atoms with Gasteiger partial charge < -0.3 is 4.74 Å². The van der Waals surface area contributed by atoms with E-state index in [9.17, 15) is 4.79 Å². The molecule has 1 aliphatic rings. The van der Waals surface area contributed by atoms with Crippen LogP contribution in [0.5, 0.6) is 0 Å². The molecule has 0 saturated carbocycles. The van der Waals surface area contributed by atoms with Crippen molar-refractivity contribution in [3.63, 3.8) is 0 Å². The van der Waals surface area contributed by atoms with Crippen molar-refractivity contribution in [2.75, 3.05) is 20.2 Å². The van der Waals surface area contributed by atoms with E-state index in [1.807, 2.05) is 18.2 Å². The summed E-state index contributed by atoms with van der Waals surface area (Å²) >= 11 is 0. The van der Waals surface area contributed by atoms with Crippen LogP contribution in [0.3, 0.4) is 0 Å². The van der Waals surface area contributed by atoms with E-state index in [-0.39, 0.29) is 12.1 Å². The highest BCUT2D eigenvalue weighted by molar-refractivity contribution is 5.78. The first-order valence-corrected chi connectivity index (χ1v) is 6.54. The molecule has 0 amide bonds. The first-order valence-electron chi connectivity index (χ1n) is 6.54. The van der Waals surface area contributed by atoms with E-state index < -0.39 is 0 Å². The van der Waals surface area contributed by atoms with Crippen molar-refractivity contribution in [3.8, 4) is 0 Å². The molecule has 1 fully saturated rings. The molecular weight excluding hydrogens is 226 g/mol. The Labute approximate surface area is 109 Å². The minimum Gasteiger partial charge on any atom is -0.362 e. The molecule has 1 aliphatic heterocycles. The fraction of sp³-hybridized carbons (Fsp3) is 0.533. The van der Waals surface area contributed by atoms with Crippen LogP contribution in [0, 0.1) is 5.92 Å². The number of ether oxygens (including phenoxy) is 1. The van der Waals surface area contributed by atoms with Crippen molar-refractivity contribution < 1.29 is 9.53 Å². The Morgan fingerprint density at radius 1 is 1.39 bits per heavy atom. The number of benzene rings is 1. The smallest absolute Gasteiger partial charge is 0.136 e. The maximum atomic E-state index is 11.5. The quantitative estimate of drug-likeness (QED) is 0.819. The topological polar surface area (TPSA) is 29.5 Å². The molecule has 1 saturated heterocycles. The molecule has 3 heteroatoms. The highest BCUT2D eigenvalue weighted by Crippen LogP contribution is 2.27. The van der Waals surface area contributed by atoms with Crippen molar-refractivity contribution >= 4 is 5.78 Å². The van der Waals surface area contributed by atoms with Crippen LogP contribution in [0.15, 0.2) is 30.3 Å². The van der Waals surface area contributed by atoms with Crippen molar-refractivity contribution in [2.45, 2.75) is 26.0 Å². The average molecular weight is 247 g/mol. The van der Waals surface area contributed by atoms with Gasteiger partial charge in [0.05, 0.1) is 0 Å². The summed E-state index contributed by atoms with van der Waals surface area (Å²) in [7, 11) is 1.73. The van der Waals surface area contributed by atoms with Gasteiger partial charge in [0.15, 0.2) is 0 Å². The molecule has 1 aromatic carbocycles. The number of nitrogens with zero attached hydrogens (tertiary/aromatic N) is 1. The number of carbonyl (C=O) groups excluding carboxylic acids is 1. The number of methoxy groups -OCH3 is 1. The lowest BCUT2D eigenvalue weighted by molar-refractivity contribution is -0.125. The minimum absolute atomic E-state index is 0.0339. The Bertz CT molecular complexity index is 391. The lowest BCUT2D eigenvalue weighted by Crippen LogP contribution is -2.41. The molecule has 0 N–H and O–H groups in total. The normalized spacial score (nSPS) is 22.7. The van der Waals surface area contributed by atoms with Crippen LogP contribution in [-0.2, 0) is 9.53 Å². The number of ketones is 1. The van der Waals surface area contributed by atoms with Gasteiger partial charge in [0.1, 0.15) is 12.0 Å². The second-order valence-corrected chi connectivity index (χ2v) is 4.94. The second kappa shape index (κ2) is 6.12. The molecule has 98 valence electrons. The van der Waals surface area contributed by atoms with Gasteiger partial charge in [-0.1, -0.05) is 30.3 Å². The van der Waals surface area contributed by atoms with Crippen LogP contribution < -0.4 is 0 Å². The number of piperidine rings is 1. The van der Waals surface area contributed by atoms with Crippen molar-refractivity contribution in [1.82, 2.24) is 4.90 Å². The van der Waals surface area contributed by atoms with Crippen molar-refractivity contribution in [1.29, 1.82) is 0 Å². The van der Waals surface area contributed by atoms with Gasteiger partial charge >= 0.3 is 0 Å². The predicted octanol–water partition coefficient (Wildman–Crippen LogP) is 2.63. The van der Waals surface area contributed by atoms with Crippen LogP contribution in [0.2, 0.25) is 0 Å². The monoisotopic (exact) mass is 247 g/mol. The lowest BCUT2D eigenvalue weighted by atomic mass is 9.94. The van der Waals surface area contributed by atoms with Crippen LogP contribution in [-0.4, -0.2) is 30.9 Å². The summed E-state index contributed by atoms with van der Waals surface area (Å²) in [5, 5.41) is 0. The summed E-state index contributed by atoms with van der Waals surface area (Å²) < 4.78 is 5.62. The molecule has 0 spiro atoms. The molecule has 1 heterocycles. The zero-order valence-corrected chi connectivity index (χ0v) is 11.1. The summed E-state index contributed by atoms with van der Waals surface area (Å²) in [5.41, 5.74) is 1.16. The molecule has 2 rings (SSSR count). The number of hydrogen-bond acceptors (Lipinski definition) is 3. The third-order valence-corrected chi connectivity index (χ3v) is 3.67. The number of likely N-dealkylation sites (tertiary alicyclic amines) is 1. The summed E-state index contributed by atoms with van der Waals surface area (Å²) in [6.45, 7) is 3.50. The molecule has 2 unspecified atom stereocenters. The molecule has 3 nitrogen and oxygen atoms in total. The number of hydrogen-bond donors (Lipinski definition) is 0. The Hall–Kier alpha value is -1.19. The summed E-state index contributed by atoms with van der Waals surface area (Å²) in [6, 6.07) is 10.2. The third-order valence-electron chi connectivity index (χ3n) is 3.67. The molecule has 0 bridgehead atoms. The predicted molar refractivity (Wildman–Crippen MR) is 71.2 cm³/mol. The SMILES string of the molecule is COC(c1ccccc1)N1CCCC(C(C)=O)C1. The zero-order chi connectivity index (χ0) is 13.0. The fourth-order valence-electron chi connectivity index (χ4n) is 2.66. The van der Waals surface area contributed by atoms with Gasteiger partial charge in [0.2, 0.25) is 0 Å². The largest absolute Gasteiger partial charge is 0.362 e. The standard InChI is InChI=1S/C15H21NO2/c1-12(17)14-9-6-10-16(11-14)15(18-2)13-7-4-3-5-8-13/h3-5,7-8,14-15H,6,9-11H2,1-2H3. The molecule has 2 atom stereocenters. The van der Waals surface area contributed by atoms with Crippen LogP contribution >= 0.6 is 0 Å². The van der Waals surface area contributed by atoms with Crippen LogP contribution in [0.1, 0.15) is 31.6 Å². The van der Waals surface area contributed by atoms with E-state index in [1.165, 1.54) is 0 Å². The molecule has 0 aromatic heterocycles. The Morgan fingerprint density at radius 3 is 2.72 bits per heavy atom. The van der Waals surface area contributed by atoms with E-state index in [0.29, 0.717) is 5.78 Å². The third kappa shape index (κ3) is 2.98. The van der Waals surface area contributed by atoms with Gasteiger partial charge in [-0.05, 0) is 25.3 Å². The summed E-state index contributed by atoms with van der Waals surface area (Å²) in [4.78, 5) is 13.8. The van der Waals surface area contributed by atoms with E-state index in [1.54, 1.807) is 14.0 Å². The maximum absolute atomic E-state index is 11.5. The van der Waals surface area contributed by atoms with Gasteiger partial charge in [-0.15, -0.1) is 0 Å². The maximum Gasteiger partial charge on any atom is 0.136 e. The molecule has 0 aliphatic carbocycles. The molecule has 18 heavy (non-hydrogen) atoms. The van der Waals surface area contributed by atoms with Gasteiger partial charge in [0.25, 0.3) is 0 Å². The fourth-order valence-corrected chi connectivity index (χ4v) is 2.66. The van der Waals surface area contributed by atoms with Crippen molar-refractivity contribution in [3.05, 3.63) is 35.9 Å². The van der Waals surface area contributed by atoms with Gasteiger partial charge in [-0.3, -0.25) is 9.69 Å². The average Bonchev–Trinajstić information content (AvgIpc) is 2.41. The number of Topliss-reactive ketones (excluding diaryl/α,β-unsaturated/α-hetero) is 1. The summed E-state index contributed by atoms with van der Waals surface area (Å²) in [5.74, 6) is 0.461. The highest BCUT2D eigenvalue weighted by Gasteiger charge is 2.28. The van der Waals surface area contributed by atoms with E-state index in [0.717, 1.165) is 31.5 Å². The Kier molecular flexibility index (Phi) is 4.50. The summed E-state index contributed by atoms with van der Waals surface area (Å²) in [6.07, 6.45) is 2.04. The van der Waals surface area contributed by atoms with Gasteiger partial charge in [-0.2, -0.15) is 0 Å². The van der Waals surface area contributed by atoms with Gasteiger partial charge in [-0.25, -0.2) is 0 Å². The number of rotatable bonds is 4. The zero-order valence-electron chi connectivity index (χ0n) is 11.1. The Morgan fingerprint density at radius 2 is 2.11 bits per heavy atom. The van der Waals surface area contributed by atoms with Crippen molar-refractivity contribution in [2.24, 2.45) is 5.92 Å². The molecule has 1 aromatic rings. The van der Waals surface area contributed by atoms with Crippen LogP contribution in [0.4, 0.5) is 0 Å². The highest BCUT2D eigenvalue weighted by atomic mass is 16.5. The minimum atomic E-state index is -0.0339. The van der Waals surface area contributed by atoms with E-state index in [4.69, 9.17) is 4.74 Å². The van der Waals surface area contributed by atoms with Gasteiger partial charge in [0, 0.05) is 26.1 Å². The number of carbonyl (C=O) groups is 1. The van der Waals surface area contributed by atoms with E-state index in [2.05, 4.69) is 17.0 Å². The van der Waals surface area contributed by atoms with Crippen LogP contribution in [0.25, 0.3) is 0 Å². The second-order valence-electron chi connectivity index (χ2n) is 4.94.